The summed E-state index contributed by atoms with van der Waals surface area (Å²) in [6, 6.07) is 17.5. The fraction of sp³-hybridized carbons (Fsp3) is 0.154. The zero-order valence-corrected chi connectivity index (χ0v) is 20.3. The maximum atomic E-state index is 12.2. The predicted octanol–water partition coefficient (Wildman–Crippen LogP) is 4.37. The van der Waals surface area contributed by atoms with E-state index < -0.39 is 11.8 Å². The second-order valence-electron chi connectivity index (χ2n) is 7.74. The largest absolute Gasteiger partial charge is 0.484 e. The van der Waals surface area contributed by atoms with Crippen molar-refractivity contribution in [1.29, 1.82) is 0 Å². The Morgan fingerprint density at radius 1 is 0.886 bits per heavy atom. The summed E-state index contributed by atoms with van der Waals surface area (Å²) in [7, 11) is 0. The molecule has 0 fully saturated rings. The molecular weight excluding hydrogens is 468 g/mol. The average Bonchev–Trinajstić information content (AvgIpc) is 2.83. The Morgan fingerprint density at radius 3 is 2.23 bits per heavy atom. The van der Waals surface area contributed by atoms with Crippen LogP contribution in [0.3, 0.4) is 0 Å². The predicted molar refractivity (Wildman–Crippen MR) is 137 cm³/mol. The van der Waals surface area contributed by atoms with Crippen molar-refractivity contribution >= 4 is 46.9 Å². The summed E-state index contributed by atoms with van der Waals surface area (Å²) in [5.41, 5.74) is 6.58. The van der Waals surface area contributed by atoms with Crippen LogP contribution in [0.2, 0.25) is 5.02 Å². The minimum Gasteiger partial charge on any atom is -0.484 e. The third kappa shape index (κ3) is 7.15. The molecule has 0 bridgehead atoms. The Morgan fingerprint density at radius 2 is 1.54 bits per heavy atom. The van der Waals surface area contributed by atoms with Crippen LogP contribution in [-0.2, 0) is 14.4 Å². The third-order valence-electron chi connectivity index (χ3n) is 5.10. The van der Waals surface area contributed by atoms with Gasteiger partial charge in [0.15, 0.2) is 6.61 Å². The lowest BCUT2D eigenvalue weighted by molar-refractivity contribution is -0.136. The number of amides is 3. The van der Waals surface area contributed by atoms with Gasteiger partial charge in [-0.25, -0.2) is 5.43 Å². The third-order valence-corrected chi connectivity index (χ3v) is 5.51. The highest BCUT2D eigenvalue weighted by Gasteiger charge is 2.15. The van der Waals surface area contributed by atoms with E-state index in [1.165, 1.54) is 6.21 Å². The van der Waals surface area contributed by atoms with Crippen LogP contribution >= 0.6 is 11.6 Å². The topological polar surface area (TPSA) is 109 Å². The Kier molecular flexibility index (Phi) is 8.58. The lowest BCUT2D eigenvalue weighted by Crippen LogP contribution is -2.32. The number of anilines is 2. The quantitative estimate of drug-likeness (QED) is 0.258. The first-order valence-electron chi connectivity index (χ1n) is 10.7. The highest BCUT2D eigenvalue weighted by Crippen LogP contribution is 2.23. The van der Waals surface area contributed by atoms with E-state index in [1.54, 1.807) is 42.5 Å². The highest BCUT2D eigenvalue weighted by molar-refractivity contribution is 6.39. The number of aryl methyl sites for hydroxylation is 2. The molecule has 3 aromatic carbocycles. The minimum absolute atomic E-state index is 0.176. The van der Waals surface area contributed by atoms with Crippen molar-refractivity contribution in [3.63, 3.8) is 0 Å². The molecule has 9 heteroatoms. The molecule has 0 atom stereocenters. The molecule has 0 saturated carbocycles. The number of hydrogen-bond donors (Lipinski definition) is 3. The molecule has 3 rings (SSSR count). The summed E-state index contributed by atoms with van der Waals surface area (Å²) in [6.07, 6.45) is 1.39. The Hall–Kier alpha value is -4.17. The maximum absolute atomic E-state index is 12.2. The van der Waals surface area contributed by atoms with Crippen molar-refractivity contribution in [3.05, 3.63) is 87.9 Å². The van der Waals surface area contributed by atoms with Crippen molar-refractivity contribution in [2.24, 2.45) is 5.10 Å². The van der Waals surface area contributed by atoms with E-state index in [0.717, 1.165) is 16.7 Å². The first kappa shape index (κ1) is 25.5. The van der Waals surface area contributed by atoms with Crippen molar-refractivity contribution < 1.29 is 19.1 Å². The standard InChI is InChI=1S/C26H25ClN4O4/c1-16-6-4-7-17(2)24(16)30-25(33)26(34)31-28-14-19-10-12-20(13-11-19)35-15-23(32)29-22-9-5-8-21(27)18(22)3/h4-14H,15H2,1-3H3,(H,29,32)(H,30,33)(H,31,34)/b28-14-. The van der Waals surface area contributed by atoms with E-state index in [2.05, 4.69) is 21.2 Å². The SMILES string of the molecule is Cc1cccc(C)c1NC(=O)C(=O)N/N=C\c1ccc(OCC(=O)Nc2cccc(Cl)c2C)cc1. The number of ether oxygens (including phenoxy) is 1. The molecule has 8 nitrogen and oxygen atoms in total. The first-order valence-corrected chi connectivity index (χ1v) is 11.1. The van der Waals surface area contributed by atoms with Crippen LogP contribution in [0.5, 0.6) is 5.75 Å². The number of halogens is 1. The summed E-state index contributed by atoms with van der Waals surface area (Å²) >= 11 is 6.06. The van der Waals surface area contributed by atoms with Crippen LogP contribution in [0.15, 0.2) is 65.8 Å². The van der Waals surface area contributed by atoms with Crippen LogP contribution < -0.4 is 20.8 Å². The number of carbonyl (C=O) groups is 3. The molecule has 0 aliphatic rings. The summed E-state index contributed by atoms with van der Waals surface area (Å²) in [6.45, 7) is 5.33. The summed E-state index contributed by atoms with van der Waals surface area (Å²) in [5.74, 6) is -1.53. The molecule has 180 valence electrons. The Labute approximate surface area is 208 Å². The molecule has 0 unspecified atom stereocenters. The van der Waals surface area contributed by atoms with Gasteiger partial charge < -0.3 is 15.4 Å². The molecule has 0 aromatic heterocycles. The van der Waals surface area contributed by atoms with Crippen molar-refractivity contribution in [3.8, 4) is 5.75 Å². The van der Waals surface area contributed by atoms with Crippen molar-refractivity contribution in [2.45, 2.75) is 20.8 Å². The van der Waals surface area contributed by atoms with Gasteiger partial charge in [-0.2, -0.15) is 5.10 Å². The smallest absolute Gasteiger partial charge is 0.329 e. The van der Waals surface area contributed by atoms with Gasteiger partial charge >= 0.3 is 11.8 Å². The molecule has 3 aromatic rings. The van der Waals surface area contributed by atoms with Gasteiger partial charge in [-0.15, -0.1) is 0 Å². The molecule has 0 aliphatic heterocycles. The molecule has 0 radical (unpaired) electrons. The highest BCUT2D eigenvalue weighted by atomic mass is 35.5. The van der Waals surface area contributed by atoms with E-state index in [0.29, 0.717) is 27.7 Å². The summed E-state index contributed by atoms with van der Waals surface area (Å²) < 4.78 is 5.50. The fourth-order valence-corrected chi connectivity index (χ4v) is 3.30. The van der Waals surface area contributed by atoms with Gasteiger partial charge in [-0.05, 0) is 79.4 Å². The lowest BCUT2D eigenvalue weighted by atomic mass is 10.1. The number of nitrogens with zero attached hydrogens (tertiary/aromatic N) is 1. The number of carbonyl (C=O) groups excluding carboxylic acids is 3. The van der Waals surface area contributed by atoms with Gasteiger partial charge in [0.1, 0.15) is 5.75 Å². The van der Waals surface area contributed by atoms with E-state index in [9.17, 15) is 14.4 Å². The van der Waals surface area contributed by atoms with Crippen LogP contribution in [0.1, 0.15) is 22.3 Å². The average molecular weight is 493 g/mol. The molecule has 0 saturated heterocycles. The number of hydrazone groups is 1. The number of para-hydroxylation sites is 1. The molecule has 35 heavy (non-hydrogen) atoms. The van der Waals surface area contributed by atoms with Crippen LogP contribution in [-0.4, -0.2) is 30.5 Å². The van der Waals surface area contributed by atoms with Gasteiger partial charge in [0.25, 0.3) is 5.91 Å². The molecule has 3 amide bonds. The van der Waals surface area contributed by atoms with E-state index >= 15 is 0 Å². The minimum atomic E-state index is -0.884. The van der Waals surface area contributed by atoms with Crippen LogP contribution in [0, 0.1) is 20.8 Å². The van der Waals surface area contributed by atoms with E-state index in [-0.39, 0.29) is 12.5 Å². The van der Waals surface area contributed by atoms with Crippen LogP contribution in [0.4, 0.5) is 11.4 Å². The zero-order chi connectivity index (χ0) is 25.4. The van der Waals surface area contributed by atoms with Gasteiger partial charge in [0, 0.05) is 16.4 Å². The van der Waals surface area contributed by atoms with Crippen molar-refractivity contribution in [2.75, 3.05) is 17.2 Å². The monoisotopic (exact) mass is 492 g/mol. The van der Waals surface area contributed by atoms with Gasteiger partial charge in [-0.1, -0.05) is 35.9 Å². The van der Waals surface area contributed by atoms with Gasteiger partial charge in [-0.3, -0.25) is 14.4 Å². The Bertz CT molecular complexity index is 1250. The molecule has 3 N–H and O–H groups in total. The number of rotatable bonds is 7. The van der Waals surface area contributed by atoms with Gasteiger partial charge in [0.05, 0.1) is 6.21 Å². The normalized spacial score (nSPS) is 10.6. The molecule has 0 spiro atoms. The molecule has 0 aliphatic carbocycles. The molecular formula is C26H25ClN4O4. The lowest BCUT2D eigenvalue weighted by Gasteiger charge is -2.10. The van der Waals surface area contributed by atoms with Crippen molar-refractivity contribution in [1.82, 2.24) is 5.43 Å². The zero-order valence-electron chi connectivity index (χ0n) is 19.5. The maximum Gasteiger partial charge on any atom is 0.329 e. The number of hydrogen-bond acceptors (Lipinski definition) is 5. The summed E-state index contributed by atoms with van der Waals surface area (Å²) in [4.78, 5) is 36.3. The summed E-state index contributed by atoms with van der Waals surface area (Å²) in [5, 5.41) is 9.74. The number of benzene rings is 3. The van der Waals surface area contributed by atoms with E-state index in [4.69, 9.17) is 16.3 Å². The fourth-order valence-electron chi connectivity index (χ4n) is 3.13. The van der Waals surface area contributed by atoms with Crippen LogP contribution in [0.25, 0.3) is 0 Å². The van der Waals surface area contributed by atoms with Gasteiger partial charge in [0.2, 0.25) is 0 Å². The number of nitrogens with one attached hydrogen (secondary N) is 3. The second-order valence-corrected chi connectivity index (χ2v) is 8.15. The second kappa shape index (κ2) is 11.8. The first-order chi connectivity index (χ1) is 16.7. The Balaban J connectivity index is 1.46. The molecule has 0 heterocycles. The van der Waals surface area contributed by atoms with E-state index in [1.807, 2.05) is 39.0 Å².